The predicted octanol–water partition coefficient (Wildman–Crippen LogP) is 3.74. The number of imidazole rings is 1. The number of nitrogens with one attached hydrogen (secondary N) is 1. The minimum Gasteiger partial charge on any atom is -0.494 e. The third-order valence-electron chi connectivity index (χ3n) is 4.47. The van der Waals surface area contributed by atoms with Crippen LogP contribution in [0, 0.1) is 6.92 Å². The Morgan fingerprint density at radius 2 is 1.85 bits per heavy atom. The van der Waals surface area contributed by atoms with E-state index in [0.29, 0.717) is 13.0 Å². The van der Waals surface area contributed by atoms with Crippen molar-refractivity contribution in [3.63, 3.8) is 0 Å². The van der Waals surface area contributed by atoms with Gasteiger partial charge in [-0.3, -0.25) is 9.36 Å². The Kier molecular flexibility index (Phi) is 5.96. The van der Waals surface area contributed by atoms with Gasteiger partial charge in [0.15, 0.2) is 0 Å². The SMILES string of the molecule is COC(=O)CCCCCOc1ccc2[nH]c(=O)n(-c3ccc(C)cc3)c2c1. The quantitative estimate of drug-likeness (QED) is 0.486. The summed E-state index contributed by atoms with van der Waals surface area (Å²) in [6.07, 6.45) is 2.98. The third-order valence-corrected chi connectivity index (χ3v) is 4.47. The van der Waals surface area contributed by atoms with Crippen molar-refractivity contribution in [1.82, 2.24) is 9.55 Å². The van der Waals surface area contributed by atoms with Crippen molar-refractivity contribution in [2.45, 2.75) is 32.6 Å². The van der Waals surface area contributed by atoms with Gasteiger partial charge in [-0.05, 0) is 50.5 Å². The maximum Gasteiger partial charge on any atom is 0.331 e. The monoisotopic (exact) mass is 368 g/mol. The van der Waals surface area contributed by atoms with Gasteiger partial charge in [-0.2, -0.15) is 0 Å². The zero-order chi connectivity index (χ0) is 19.2. The largest absolute Gasteiger partial charge is 0.494 e. The molecule has 0 aliphatic carbocycles. The molecule has 27 heavy (non-hydrogen) atoms. The van der Waals surface area contributed by atoms with Crippen LogP contribution >= 0.6 is 0 Å². The lowest BCUT2D eigenvalue weighted by atomic mass is 10.2. The standard InChI is InChI=1S/C21H24N2O4/c1-15-7-9-16(10-8-15)23-19-14-17(11-12-18(19)22-21(23)25)27-13-5-3-4-6-20(24)26-2/h7-12,14H,3-6,13H2,1-2H3,(H,22,25). The molecule has 0 amide bonds. The Bertz CT molecular complexity index is 970. The zero-order valence-corrected chi connectivity index (χ0v) is 15.7. The van der Waals surface area contributed by atoms with E-state index in [1.54, 1.807) is 4.57 Å². The van der Waals surface area contributed by atoms with E-state index in [2.05, 4.69) is 9.72 Å². The lowest BCUT2D eigenvalue weighted by molar-refractivity contribution is -0.140. The maximum atomic E-state index is 12.4. The van der Waals surface area contributed by atoms with Crippen molar-refractivity contribution in [3.05, 3.63) is 58.5 Å². The Hall–Kier alpha value is -3.02. The van der Waals surface area contributed by atoms with Crippen LogP contribution in [0.2, 0.25) is 0 Å². The van der Waals surface area contributed by atoms with Gasteiger partial charge < -0.3 is 14.5 Å². The van der Waals surface area contributed by atoms with Gasteiger partial charge in [-0.1, -0.05) is 17.7 Å². The van der Waals surface area contributed by atoms with Gasteiger partial charge in [0.05, 0.1) is 30.4 Å². The van der Waals surface area contributed by atoms with Crippen LogP contribution in [-0.4, -0.2) is 29.2 Å². The molecule has 0 aliphatic heterocycles. The molecule has 2 aromatic carbocycles. The van der Waals surface area contributed by atoms with Gasteiger partial charge in [0.1, 0.15) is 5.75 Å². The number of H-pyrrole nitrogens is 1. The number of unbranched alkanes of at least 4 members (excludes halogenated alkanes) is 2. The molecule has 0 saturated carbocycles. The number of aryl methyl sites for hydroxylation is 1. The van der Waals surface area contributed by atoms with E-state index in [-0.39, 0.29) is 11.7 Å². The first kappa shape index (κ1) is 18.8. The number of aromatic nitrogens is 2. The van der Waals surface area contributed by atoms with Crippen LogP contribution in [0.3, 0.4) is 0 Å². The normalized spacial score (nSPS) is 10.9. The summed E-state index contributed by atoms with van der Waals surface area (Å²) in [5, 5.41) is 0. The summed E-state index contributed by atoms with van der Waals surface area (Å²) in [6, 6.07) is 13.4. The lowest BCUT2D eigenvalue weighted by Gasteiger charge is -2.08. The Balaban J connectivity index is 1.68. The number of nitrogens with zero attached hydrogens (tertiary/aromatic N) is 1. The van der Waals surface area contributed by atoms with Gasteiger partial charge in [0, 0.05) is 12.5 Å². The molecule has 0 atom stereocenters. The van der Waals surface area contributed by atoms with Crippen molar-refractivity contribution in [1.29, 1.82) is 0 Å². The van der Waals surface area contributed by atoms with Crippen molar-refractivity contribution in [3.8, 4) is 11.4 Å². The Morgan fingerprint density at radius 3 is 2.59 bits per heavy atom. The number of carbonyl (C=O) groups excluding carboxylic acids is 1. The molecule has 0 spiro atoms. The molecule has 1 heterocycles. The third kappa shape index (κ3) is 4.58. The fourth-order valence-corrected chi connectivity index (χ4v) is 2.96. The molecule has 6 heteroatoms. The number of methoxy groups -OCH3 is 1. The minimum atomic E-state index is -0.178. The highest BCUT2D eigenvalue weighted by atomic mass is 16.5. The topological polar surface area (TPSA) is 73.3 Å². The molecule has 1 aromatic heterocycles. The zero-order valence-electron chi connectivity index (χ0n) is 15.7. The van der Waals surface area contributed by atoms with Crippen molar-refractivity contribution >= 4 is 17.0 Å². The van der Waals surface area contributed by atoms with E-state index in [4.69, 9.17) is 4.74 Å². The number of hydrogen-bond donors (Lipinski definition) is 1. The summed E-state index contributed by atoms with van der Waals surface area (Å²) in [6.45, 7) is 2.57. The molecule has 0 aliphatic rings. The summed E-state index contributed by atoms with van der Waals surface area (Å²) in [5.41, 5.74) is 3.34. The molecule has 0 fully saturated rings. The molecule has 142 valence electrons. The van der Waals surface area contributed by atoms with Gasteiger partial charge >= 0.3 is 11.7 Å². The maximum absolute atomic E-state index is 12.4. The number of aromatic amines is 1. The number of esters is 1. The molecule has 0 saturated heterocycles. The van der Waals surface area contributed by atoms with E-state index in [0.717, 1.165) is 47.3 Å². The highest BCUT2D eigenvalue weighted by molar-refractivity contribution is 5.79. The highest BCUT2D eigenvalue weighted by Gasteiger charge is 2.10. The smallest absolute Gasteiger partial charge is 0.331 e. The summed E-state index contributed by atoms with van der Waals surface area (Å²) in [4.78, 5) is 26.3. The van der Waals surface area contributed by atoms with Crippen LogP contribution < -0.4 is 10.4 Å². The number of benzene rings is 2. The summed E-state index contributed by atoms with van der Waals surface area (Å²) >= 11 is 0. The van der Waals surface area contributed by atoms with Crippen molar-refractivity contribution in [2.24, 2.45) is 0 Å². The first-order chi connectivity index (χ1) is 13.1. The van der Waals surface area contributed by atoms with Gasteiger partial charge in [0.25, 0.3) is 0 Å². The summed E-state index contributed by atoms with van der Waals surface area (Å²) < 4.78 is 12.1. The second-order valence-corrected chi connectivity index (χ2v) is 6.52. The fourth-order valence-electron chi connectivity index (χ4n) is 2.96. The lowest BCUT2D eigenvalue weighted by Crippen LogP contribution is -2.14. The average Bonchev–Trinajstić information content (AvgIpc) is 3.00. The van der Waals surface area contributed by atoms with E-state index in [1.807, 2.05) is 49.4 Å². The minimum absolute atomic E-state index is 0.172. The van der Waals surface area contributed by atoms with Crippen LogP contribution in [0.4, 0.5) is 0 Å². The van der Waals surface area contributed by atoms with Gasteiger partial charge in [-0.15, -0.1) is 0 Å². The summed E-state index contributed by atoms with van der Waals surface area (Å²) in [7, 11) is 1.40. The number of carbonyl (C=O) groups is 1. The van der Waals surface area contributed by atoms with Crippen LogP contribution in [0.1, 0.15) is 31.2 Å². The van der Waals surface area contributed by atoms with E-state index < -0.39 is 0 Å². The first-order valence-electron chi connectivity index (χ1n) is 9.10. The molecular formula is C21H24N2O4. The number of rotatable bonds is 8. The van der Waals surface area contributed by atoms with Gasteiger partial charge in [-0.25, -0.2) is 4.79 Å². The second-order valence-electron chi connectivity index (χ2n) is 6.52. The van der Waals surface area contributed by atoms with Crippen LogP contribution in [0.5, 0.6) is 5.75 Å². The Morgan fingerprint density at radius 1 is 1.07 bits per heavy atom. The highest BCUT2D eigenvalue weighted by Crippen LogP contribution is 2.22. The van der Waals surface area contributed by atoms with Crippen molar-refractivity contribution in [2.75, 3.05) is 13.7 Å². The molecule has 0 bridgehead atoms. The van der Waals surface area contributed by atoms with Crippen LogP contribution in [0.25, 0.3) is 16.7 Å². The van der Waals surface area contributed by atoms with E-state index in [1.165, 1.54) is 7.11 Å². The van der Waals surface area contributed by atoms with Crippen molar-refractivity contribution < 1.29 is 14.3 Å². The molecule has 3 rings (SSSR count). The number of fused-ring (bicyclic) bond motifs is 1. The number of hydrogen-bond acceptors (Lipinski definition) is 4. The molecule has 1 N–H and O–H groups in total. The molecule has 3 aromatic rings. The molecular weight excluding hydrogens is 344 g/mol. The van der Waals surface area contributed by atoms with E-state index in [9.17, 15) is 9.59 Å². The van der Waals surface area contributed by atoms with Crippen LogP contribution in [-0.2, 0) is 9.53 Å². The predicted molar refractivity (Wildman–Crippen MR) is 105 cm³/mol. The molecule has 6 nitrogen and oxygen atoms in total. The van der Waals surface area contributed by atoms with Gasteiger partial charge in [0.2, 0.25) is 0 Å². The van der Waals surface area contributed by atoms with E-state index >= 15 is 0 Å². The summed E-state index contributed by atoms with van der Waals surface area (Å²) in [5.74, 6) is 0.540. The fraction of sp³-hybridized carbons (Fsp3) is 0.333. The Labute approximate surface area is 157 Å². The second kappa shape index (κ2) is 8.58. The average molecular weight is 368 g/mol. The molecule has 0 radical (unpaired) electrons. The molecule has 0 unspecified atom stereocenters. The number of ether oxygens (including phenoxy) is 2. The first-order valence-corrected chi connectivity index (χ1v) is 9.10. The van der Waals surface area contributed by atoms with Crippen LogP contribution in [0.15, 0.2) is 47.3 Å².